The van der Waals surface area contributed by atoms with Crippen LogP contribution in [-0.2, 0) is 17.9 Å². The summed E-state index contributed by atoms with van der Waals surface area (Å²) >= 11 is 0. The summed E-state index contributed by atoms with van der Waals surface area (Å²) in [6, 6.07) is 7.08. The van der Waals surface area contributed by atoms with E-state index < -0.39 is 18.9 Å². The highest BCUT2D eigenvalue weighted by molar-refractivity contribution is 5.26. The fraction of sp³-hybridized carbons (Fsp3) is 0.500. The normalized spacial score (nSPS) is 12.1. The van der Waals surface area contributed by atoms with Crippen molar-refractivity contribution in [1.82, 2.24) is 5.32 Å². The summed E-state index contributed by atoms with van der Waals surface area (Å²) in [5.41, 5.74) is 1.59. The first-order valence-electron chi connectivity index (χ1n) is 5.40. The third-order valence-electron chi connectivity index (χ3n) is 2.41. The largest absolute Gasteiger partial charge is 0.380 e. The molecule has 0 amide bonds. The maximum absolute atomic E-state index is 12.7. The van der Waals surface area contributed by atoms with Gasteiger partial charge in [-0.1, -0.05) is 24.3 Å². The summed E-state index contributed by atoms with van der Waals surface area (Å²) < 4.78 is 54.1. The molecule has 18 heavy (non-hydrogen) atoms. The number of hydrogen-bond acceptors (Lipinski definition) is 2. The van der Waals surface area contributed by atoms with E-state index in [1.807, 2.05) is 0 Å². The highest BCUT2D eigenvalue weighted by atomic mass is 19.3. The van der Waals surface area contributed by atoms with Crippen molar-refractivity contribution < 1.29 is 22.3 Å². The lowest BCUT2D eigenvalue weighted by molar-refractivity contribution is -0.125. The van der Waals surface area contributed by atoms with E-state index in [9.17, 15) is 17.6 Å². The van der Waals surface area contributed by atoms with Crippen molar-refractivity contribution in [2.75, 3.05) is 13.7 Å². The number of rotatable bonds is 7. The van der Waals surface area contributed by atoms with Gasteiger partial charge in [-0.3, -0.25) is 0 Å². The molecule has 0 radical (unpaired) electrons. The van der Waals surface area contributed by atoms with Gasteiger partial charge in [0.25, 0.3) is 0 Å². The smallest absolute Gasteiger partial charge is 0.319 e. The number of ether oxygens (including phenoxy) is 1. The van der Waals surface area contributed by atoms with Crippen LogP contribution in [0.15, 0.2) is 24.3 Å². The molecular formula is C12H15F4NO. The summed E-state index contributed by atoms with van der Waals surface area (Å²) in [5, 5.41) is 2.34. The van der Waals surface area contributed by atoms with E-state index >= 15 is 0 Å². The first-order chi connectivity index (χ1) is 8.47. The molecule has 1 aromatic carbocycles. The SMILES string of the molecule is COCc1ccccc1CNCC(F)(F)C(F)F. The van der Waals surface area contributed by atoms with E-state index in [4.69, 9.17) is 4.74 Å². The van der Waals surface area contributed by atoms with Gasteiger partial charge in [0.05, 0.1) is 13.2 Å². The molecule has 0 aliphatic rings. The minimum atomic E-state index is -4.00. The van der Waals surface area contributed by atoms with Crippen LogP contribution in [0.1, 0.15) is 11.1 Å². The number of halogens is 4. The van der Waals surface area contributed by atoms with Crippen LogP contribution in [0.3, 0.4) is 0 Å². The lowest BCUT2D eigenvalue weighted by Crippen LogP contribution is -2.38. The molecule has 0 fully saturated rings. The van der Waals surface area contributed by atoms with Crippen LogP contribution in [0.2, 0.25) is 0 Å². The Kier molecular flexibility index (Phi) is 5.55. The van der Waals surface area contributed by atoms with Gasteiger partial charge in [0, 0.05) is 13.7 Å². The highest BCUT2D eigenvalue weighted by Gasteiger charge is 2.39. The van der Waals surface area contributed by atoms with Crippen molar-refractivity contribution in [3.05, 3.63) is 35.4 Å². The van der Waals surface area contributed by atoms with Crippen LogP contribution >= 0.6 is 0 Å². The Labute approximate surface area is 103 Å². The molecule has 0 aromatic heterocycles. The minimum Gasteiger partial charge on any atom is -0.380 e. The molecule has 0 heterocycles. The number of alkyl halides is 4. The van der Waals surface area contributed by atoms with Crippen LogP contribution in [0.25, 0.3) is 0 Å². The lowest BCUT2D eigenvalue weighted by atomic mass is 10.1. The van der Waals surface area contributed by atoms with Crippen LogP contribution in [0, 0.1) is 0 Å². The summed E-state index contributed by atoms with van der Waals surface area (Å²) in [4.78, 5) is 0. The van der Waals surface area contributed by atoms with Crippen molar-refractivity contribution in [1.29, 1.82) is 0 Å². The van der Waals surface area contributed by atoms with E-state index in [0.29, 0.717) is 6.61 Å². The van der Waals surface area contributed by atoms with Gasteiger partial charge in [-0.15, -0.1) is 0 Å². The van der Waals surface area contributed by atoms with Gasteiger partial charge in [-0.2, -0.15) is 8.78 Å². The zero-order valence-corrected chi connectivity index (χ0v) is 9.93. The molecule has 0 bridgehead atoms. The topological polar surface area (TPSA) is 21.3 Å². The summed E-state index contributed by atoms with van der Waals surface area (Å²) in [5.74, 6) is -4.00. The molecule has 0 saturated heterocycles. The van der Waals surface area contributed by atoms with E-state index in [0.717, 1.165) is 11.1 Å². The zero-order valence-electron chi connectivity index (χ0n) is 9.93. The van der Waals surface area contributed by atoms with Crippen molar-refractivity contribution in [2.45, 2.75) is 25.5 Å². The molecule has 0 saturated carbocycles. The third-order valence-corrected chi connectivity index (χ3v) is 2.41. The number of methoxy groups -OCH3 is 1. The van der Waals surface area contributed by atoms with Gasteiger partial charge < -0.3 is 10.1 Å². The second-order valence-corrected chi connectivity index (χ2v) is 3.87. The van der Waals surface area contributed by atoms with E-state index in [2.05, 4.69) is 5.32 Å². The fourth-order valence-electron chi connectivity index (χ4n) is 1.47. The Morgan fingerprint density at radius 3 is 2.39 bits per heavy atom. The Balaban J connectivity index is 2.53. The maximum atomic E-state index is 12.7. The number of benzene rings is 1. The highest BCUT2D eigenvalue weighted by Crippen LogP contribution is 2.21. The van der Waals surface area contributed by atoms with E-state index in [1.165, 1.54) is 7.11 Å². The molecule has 0 unspecified atom stereocenters. The Morgan fingerprint density at radius 1 is 1.22 bits per heavy atom. The van der Waals surface area contributed by atoms with E-state index in [1.54, 1.807) is 24.3 Å². The zero-order chi connectivity index (χ0) is 13.6. The van der Waals surface area contributed by atoms with Gasteiger partial charge in [0.15, 0.2) is 0 Å². The second-order valence-electron chi connectivity index (χ2n) is 3.87. The first kappa shape index (κ1) is 14.9. The standard InChI is InChI=1S/C12H15F4NO/c1-18-7-10-5-3-2-4-9(10)6-17-8-12(15,16)11(13)14/h2-5,11,17H,6-8H2,1H3. The predicted molar refractivity (Wildman–Crippen MR) is 59.8 cm³/mol. The predicted octanol–water partition coefficient (Wildman–Crippen LogP) is 2.82. The molecule has 1 N–H and O–H groups in total. The minimum absolute atomic E-state index is 0.0991. The third kappa shape index (κ3) is 4.27. The maximum Gasteiger partial charge on any atom is 0.319 e. The Morgan fingerprint density at radius 2 is 1.83 bits per heavy atom. The van der Waals surface area contributed by atoms with Crippen molar-refractivity contribution in [3.8, 4) is 0 Å². The molecule has 102 valence electrons. The molecule has 1 rings (SSSR count). The van der Waals surface area contributed by atoms with Crippen LogP contribution < -0.4 is 5.32 Å². The first-order valence-corrected chi connectivity index (χ1v) is 5.40. The summed E-state index contributed by atoms with van der Waals surface area (Å²) in [6.45, 7) is -0.600. The van der Waals surface area contributed by atoms with Crippen LogP contribution in [0.4, 0.5) is 17.6 Å². The lowest BCUT2D eigenvalue weighted by Gasteiger charge is -2.16. The van der Waals surface area contributed by atoms with Crippen molar-refractivity contribution in [3.63, 3.8) is 0 Å². The molecule has 2 nitrogen and oxygen atoms in total. The summed E-state index contributed by atoms with van der Waals surface area (Å²) in [7, 11) is 1.52. The van der Waals surface area contributed by atoms with Crippen molar-refractivity contribution >= 4 is 0 Å². The fourth-order valence-corrected chi connectivity index (χ4v) is 1.47. The molecule has 0 aliphatic heterocycles. The van der Waals surface area contributed by atoms with Gasteiger partial charge in [-0.05, 0) is 11.1 Å². The van der Waals surface area contributed by atoms with Gasteiger partial charge in [0.1, 0.15) is 0 Å². The average molecular weight is 265 g/mol. The summed E-state index contributed by atoms with van der Waals surface area (Å²) in [6.07, 6.45) is -3.65. The monoisotopic (exact) mass is 265 g/mol. The number of hydrogen-bond donors (Lipinski definition) is 1. The Bertz CT molecular complexity index is 371. The molecule has 1 aromatic rings. The van der Waals surface area contributed by atoms with Gasteiger partial charge in [-0.25, -0.2) is 8.78 Å². The molecule has 0 spiro atoms. The van der Waals surface area contributed by atoms with Crippen LogP contribution in [0.5, 0.6) is 0 Å². The van der Waals surface area contributed by atoms with Gasteiger partial charge >= 0.3 is 12.3 Å². The van der Waals surface area contributed by atoms with E-state index in [-0.39, 0.29) is 6.54 Å². The average Bonchev–Trinajstić information content (AvgIpc) is 2.31. The van der Waals surface area contributed by atoms with Crippen molar-refractivity contribution in [2.24, 2.45) is 0 Å². The van der Waals surface area contributed by atoms with Crippen LogP contribution in [-0.4, -0.2) is 26.0 Å². The number of nitrogens with one attached hydrogen (secondary N) is 1. The van der Waals surface area contributed by atoms with Gasteiger partial charge in [0.2, 0.25) is 0 Å². The quantitative estimate of drug-likeness (QED) is 0.765. The molecular weight excluding hydrogens is 250 g/mol. The molecule has 0 atom stereocenters. The Hall–Kier alpha value is -1.14. The molecule has 0 aliphatic carbocycles. The molecule has 6 heteroatoms. The second kappa shape index (κ2) is 6.70.